The van der Waals surface area contributed by atoms with E-state index in [-0.39, 0.29) is 0 Å². The van der Waals surface area contributed by atoms with Crippen molar-refractivity contribution in [3.8, 4) is 0 Å². The third-order valence-corrected chi connectivity index (χ3v) is 3.90. The SMILES string of the molecule is CCCCOCCOCCNC(C1CC1)C1CC1. The maximum Gasteiger partial charge on any atom is 0.0701 e. The number of rotatable bonds is 12. The van der Waals surface area contributed by atoms with E-state index in [1.807, 2.05) is 0 Å². The third kappa shape index (κ3) is 5.68. The Bertz CT molecular complexity index is 203. The van der Waals surface area contributed by atoms with Gasteiger partial charge in [-0.3, -0.25) is 0 Å². The Morgan fingerprint density at radius 2 is 1.56 bits per heavy atom. The average Bonchev–Trinajstić information content (AvgIpc) is 3.25. The van der Waals surface area contributed by atoms with Crippen molar-refractivity contribution in [3.63, 3.8) is 0 Å². The molecule has 2 aliphatic carbocycles. The van der Waals surface area contributed by atoms with E-state index in [0.29, 0.717) is 0 Å². The Balaban J connectivity index is 1.37. The number of hydrogen-bond donors (Lipinski definition) is 1. The van der Waals surface area contributed by atoms with Gasteiger partial charge in [-0.2, -0.15) is 0 Å². The molecule has 0 heterocycles. The van der Waals surface area contributed by atoms with E-state index >= 15 is 0 Å². The molecule has 3 heteroatoms. The quantitative estimate of drug-likeness (QED) is 0.544. The van der Waals surface area contributed by atoms with Gasteiger partial charge in [0.1, 0.15) is 0 Å². The molecule has 18 heavy (non-hydrogen) atoms. The van der Waals surface area contributed by atoms with Crippen LogP contribution in [-0.4, -0.2) is 39.0 Å². The first-order valence-electron chi connectivity index (χ1n) is 7.80. The maximum absolute atomic E-state index is 5.58. The lowest BCUT2D eigenvalue weighted by molar-refractivity contribution is 0.0468. The van der Waals surface area contributed by atoms with E-state index in [1.54, 1.807) is 0 Å². The smallest absolute Gasteiger partial charge is 0.0701 e. The highest BCUT2D eigenvalue weighted by Crippen LogP contribution is 2.44. The van der Waals surface area contributed by atoms with Crippen LogP contribution in [0.2, 0.25) is 0 Å². The van der Waals surface area contributed by atoms with Gasteiger partial charge in [0.2, 0.25) is 0 Å². The van der Waals surface area contributed by atoms with E-state index in [0.717, 1.165) is 57.3 Å². The largest absolute Gasteiger partial charge is 0.379 e. The van der Waals surface area contributed by atoms with Crippen LogP contribution >= 0.6 is 0 Å². The molecule has 0 radical (unpaired) electrons. The number of hydrogen-bond acceptors (Lipinski definition) is 3. The fourth-order valence-electron chi connectivity index (χ4n) is 2.50. The second kappa shape index (κ2) is 8.13. The summed E-state index contributed by atoms with van der Waals surface area (Å²) in [6.45, 7) is 6.38. The minimum atomic E-state index is 0.739. The van der Waals surface area contributed by atoms with Crippen molar-refractivity contribution in [1.29, 1.82) is 0 Å². The highest BCUT2D eigenvalue weighted by atomic mass is 16.5. The van der Waals surface area contributed by atoms with Crippen molar-refractivity contribution in [3.05, 3.63) is 0 Å². The number of unbranched alkanes of at least 4 members (excludes halogenated alkanes) is 1. The van der Waals surface area contributed by atoms with Gasteiger partial charge in [0, 0.05) is 19.2 Å². The van der Waals surface area contributed by atoms with Crippen LogP contribution in [0.15, 0.2) is 0 Å². The van der Waals surface area contributed by atoms with Gasteiger partial charge in [-0.25, -0.2) is 0 Å². The summed E-state index contributed by atoms with van der Waals surface area (Å²) in [5.74, 6) is 1.96. The molecule has 2 fully saturated rings. The molecule has 2 aliphatic rings. The lowest BCUT2D eigenvalue weighted by Crippen LogP contribution is -2.35. The highest BCUT2D eigenvalue weighted by Gasteiger charge is 2.40. The molecule has 0 unspecified atom stereocenters. The monoisotopic (exact) mass is 255 g/mol. The normalized spacial score (nSPS) is 19.7. The van der Waals surface area contributed by atoms with Crippen LogP contribution in [0, 0.1) is 11.8 Å². The van der Waals surface area contributed by atoms with E-state index in [2.05, 4.69) is 12.2 Å². The van der Waals surface area contributed by atoms with Crippen molar-refractivity contribution in [2.75, 3.05) is 33.0 Å². The van der Waals surface area contributed by atoms with Crippen LogP contribution in [0.25, 0.3) is 0 Å². The molecule has 0 aromatic rings. The predicted molar refractivity (Wildman–Crippen MR) is 73.8 cm³/mol. The molecular weight excluding hydrogens is 226 g/mol. The molecule has 3 nitrogen and oxygen atoms in total. The zero-order valence-corrected chi connectivity index (χ0v) is 11.8. The lowest BCUT2D eigenvalue weighted by Gasteiger charge is -2.17. The van der Waals surface area contributed by atoms with Crippen LogP contribution in [0.4, 0.5) is 0 Å². The summed E-state index contributed by atoms with van der Waals surface area (Å²) >= 11 is 0. The molecule has 0 aliphatic heterocycles. The lowest BCUT2D eigenvalue weighted by atomic mass is 10.1. The Labute approximate surface area is 112 Å². The van der Waals surface area contributed by atoms with Crippen LogP contribution < -0.4 is 5.32 Å². The number of nitrogens with one attached hydrogen (secondary N) is 1. The second-order valence-corrected chi connectivity index (χ2v) is 5.73. The number of ether oxygens (including phenoxy) is 2. The molecular formula is C15H29NO2. The summed E-state index contributed by atoms with van der Waals surface area (Å²) in [4.78, 5) is 0. The average molecular weight is 255 g/mol. The first-order chi connectivity index (χ1) is 8.92. The van der Waals surface area contributed by atoms with Gasteiger partial charge in [-0.1, -0.05) is 13.3 Å². The first-order valence-corrected chi connectivity index (χ1v) is 7.80. The Morgan fingerprint density at radius 1 is 0.944 bits per heavy atom. The summed E-state index contributed by atoms with van der Waals surface area (Å²) < 4.78 is 11.0. The maximum atomic E-state index is 5.58. The molecule has 0 amide bonds. The van der Waals surface area contributed by atoms with E-state index < -0.39 is 0 Å². The highest BCUT2D eigenvalue weighted by molar-refractivity contribution is 4.96. The van der Waals surface area contributed by atoms with Crippen molar-refractivity contribution in [1.82, 2.24) is 5.32 Å². The van der Waals surface area contributed by atoms with Crippen molar-refractivity contribution in [2.24, 2.45) is 11.8 Å². The summed E-state index contributed by atoms with van der Waals surface area (Å²) in [7, 11) is 0. The minimum absolute atomic E-state index is 0.739. The fourth-order valence-corrected chi connectivity index (χ4v) is 2.50. The summed E-state index contributed by atoms with van der Waals surface area (Å²) in [5, 5.41) is 3.69. The molecule has 0 aromatic carbocycles. The van der Waals surface area contributed by atoms with Crippen LogP contribution in [-0.2, 0) is 9.47 Å². The molecule has 0 saturated heterocycles. The molecule has 0 atom stereocenters. The van der Waals surface area contributed by atoms with Gasteiger partial charge in [0.15, 0.2) is 0 Å². The van der Waals surface area contributed by atoms with Gasteiger partial charge in [0.25, 0.3) is 0 Å². The summed E-state index contributed by atoms with van der Waals surface area (Å²) in [6.07, 6.45) is 8.14. The van der Waals surface area contributed by atoms with Crippen LogP contribution in [0.3, 0.4) is 0 Å². The van der Waals surface area contributed by atoms with Crippen molar-refractivity contribution in [2.45, 2.75) is 51.5 Å². The molecule has 1 N–H and O–H groups in total. The molecule has 0 aromatic heterocycles. The Hall–Kier alpha value is -0.120. The zero-order valence-electron chi connectivity index (χ0n) is 11.8. The van der Waals surface area contributed by atoms with Crippen LogP contribution in [0.1, 0.15) is 45.4 Å². The standard InChI is InChI=1S/C15H29NO2/c1-2-3-9-17-11-12-18-10-8-16-15(13-4-5-13)14-6-7-14/h13-16H,2-12H2,1H3. The molecule has 2 rings (SSSR count). The molecule has 106 valence electrons. The summed E-state index contributed by atoms with van der Waals surface area (Å²) in [5.41, 5.74) is 0. The van der Waals surface area contributed by atoms with Gasteiger partial charge in [-0.15, -0.1) is 0 Å². The van der Waals surface area contributed by atoms with Crippen molar-refractivity contribution >= 4 is 0 Å². The topological polar surface area (TPSA) is 30.5 Å². The van der Waals surface area contributed by atoms with Gasteiger partial charge in [0.05, 0.1) is 19.8 Å². The molecule has 2 saturated carbocycles. The zero-order chi connectivity index (χ0) is 12.6. The summed E-state index contributed by atoms with van der Waals surface area (Å²) in [6, 6.07) is 0.800. The van der Waals surface area contributed by atoms with E-state index in [1.165, 1.54) is 32.1 Å². The molecule has 0 bridgehead atoms. The minimum Gasteiger partial charge on any atom is -0.379 e. The Morgan fingerprint density at radius 3 is 2.11 bits per heavy atom. The Kier molecular flexibility index (Phi) is 6.46. The third-order valence-electron chi connectivity index (χ3n) is 3.90. The fraction of sp³-hybridized carbons (Fsp3) is 1.00. The van der Waals surface area contributed by atoms with E-state index in [4.69, 9.17) is 9.47 Å². The van der Waals surface area contributed by atoms with E-state index in [9.17, 15) is 0 Å². The first kappa shape index (κ1) is 14.3. The van der Waals surface area contributed by atoms with Gasteiger partial charge < -0.3 is 14.8 Å². The predicted octanol–water partition coefficient (Wildman–Crippen LogP) is 2.60. The van der Waals surface area contributed by atoms with Crippen LogP contribution in [0.5, 0.6) is 0 Å². The second-order valence-electron chi connectivity index (χ2n) is 5.73. The van der Waals surface area contributed by atoms with Crippen molar-refractivity contribution < 1.29 is 9.47 Å². The van der Waals surface area contributed by atoms with Gasteiger partial charge >= 0.3 is 0 Å². The van der Waals surface area contributed by atoms with Gasteiger partial charge in [-0.05, 0) is 43.9 Å². The molecule has 0 spiro atoms.